The lowest BCUT2D eigenvalue weighted by molar-refractivity contribution is 0.583. The maximum atomic E-state index is 6.82. The highest BCUT2D eigenvalue weighted by Gasteiger charge is 2.20. The first-order chi connectivity index (χ1) is 12.8. The van der Waals surface area contributed by atoms with Gasteiger partial charge in [-0.25, -0.2) is 4.68 Å². The van der Waals surface area contributed by atoms with E-state index in [4.69, 9.17) is 16.7 Å². The highest BCUT2D eigenvalue weighted by atomic mass is 35.5. The fourth-order valence-corrected chi connectivity index (χ4v) is 3.38. The van der Waals surface area contributed by atoms with Crippen LogP contribution in [0.3, 0.4) is 0 Å². The highest BCUT2D eigenvalue weighted by Crippen LogP contribution is 2.37. The minimum atomic E-state index is 0.600. The molecule has 4 aromatic rings. The highest BCUT2D eigenvalue weighted by molar-refractivity contribution is 6.38. The number of hydrogen-bond acceptors (Lipinski definition) is 3. The van der Waals surface area contributed by atoms with Crippen LogP contribution < -0.4 is 0 Å². The Morgan fingerprint density at radius 3 is 2.08 bits per heavy atom. The third-order valence-corrected chi connectivity index (χ3v) is 4.78. The SMILES string of the molecule is CCCCn1nc(-c2ccccc2)c2c(Cl)c(-c3ccccc3)nnc21. The van der Waals surface area contributed by atoms with Gasteiger partial charge in [0.15, 0.2) is 5.65 Å². The molecule has 0 unspecified atom stereocenters. The van der Waals surface area contributed by atoms with Gasteiger partial charge < -0.3 is 0 Å². The fourth-order valence-electron chi connectivity index (χ4n) is 3.06. The van der Waals surface area contributed by atoms with E-state index in [1.807, 2.05) is 65.3 Å². The van der Waals surface area contributed by atoms with Crippen molar-refractivity contribution in [3.63, 3.8) is 0 Å². The predicted molar refractivity (Wildman–Crippen MR) is 106 cm³/mol. The number of nitrogens with zero attached hydrogens (tertiary/aromatic N) is 4. The smallest absolute Gasteiger partial charge is 0.182 e. The van der Waals surface area contributed by atoms with Gasteiger partial charge >= 0.3 is 0 Å². The summed E-state index contributed by atoms with van der Waals surface area (Å²) in [6.07, 6.45) is 2.12. The number of aryl methyl sites for hydroxylation is 1. The monoisotopic (exact) mass is 362 g/mol. The molecule has 0 saturated carbocycles. The lowest BCUT2D eigenvalue weighted by Crippen LogP contribution is -2.02. The summed E-state index contributed by atoms with van der Waals surface area (Å²) < 4.78 is 1.93. The molecule has 4 rings (SSSR count). The first kappa shape index (κ1) is 16.7. The fraction of sp³-hybridized carbons (Fsp3) is 0.190. The third-order valence-electron chi connectivity index (χ3n) is 4.42. The standard InChI is InChI=1S/C21H19ClN4/c1-2-3-14-26-21-17(19(25-26)15-10-6-4-7-11-15)18(22)20(23-24-21)16-12-8-5-9-13-16/h4-13H,2-3,14H2,1H3. The zero-order valence-electron chi connectivity index (χ0n) is 14.6. The lowest BCUT2D eigenvalue weighted by Gasteiger charge is -2.05. The number of rotatable bonds is 5. The molecule has 0 spiro atoms. The molecule has 2 heterocycles. The van der Waals surface area contributed by atoms with E-state index in [1.165, 1.54) is 0 Å². The zero-order valence-corrected chi connectivity index (χ0v) is 15.3. The van der Waals surface area contributed by atoms with E-state index in [0.717, 1.165) is 47.2 Å². The van der Waals surface area contributed by atoms with Gasteiger partial charge in [-0.15, -0.1) is 10.2 Å². The Kier molecular flexibility index (Phi) is 4.67. The molecule has 0 fully saturated rings. The third kappa shape index (κ3) is 2.97. The second-order valence-corrected chi connectivity index (χ2v) is 6.60. The van der Waals surface area contributed by atoms with Crippen molar-refractivity contribution in [3.8, 4) is 22.5 Å². The number of unbranched alkanes of at least 4 members (excludes halogenated alkanes) is 1. The molecule has 0 aliphatic heterocycles. The molecule has 0 aliphatic rings. The van der Waals surface area contributed by atoms with Gasteiger partial charge in [-0.05, 0) is 6.42 Å². The van der Waals surface area contributed by atoms with E-state index in [-0.39, 0.29) is 0 Å². The molecule has 0 atom stereocenters. The van der Waals surface area contributed by atoms with Gasteiger partial charge in [0.1, 0.15) is 11.4 Å². The van der Waals surface area contributed by atoms with E-state index in [2.05, 4.69) is 17.1 Å². The maximum absolute atomic E-state index is 6.82. The topological polar surface area (TPSA) is 43.6 Å². The summed E-state index contributed by atoms with van der Waals surface area (Å²) >= 11 is 6.82. The van der Waals surface area contributed by atoms with Crippen molar-refractivity contribution in [1.29, 1.82) is 0 Å². The Morgan fingerprint density at radius 2 is 1.46 bits per heavy atom. The lowest BCUT2D eigenvalue weighted by atomic mass is 10.1. The molecule has 2 aromatic carbocycles. The second-order valence-electron chi connectivity index (χ2n) is 6.22. The number of hydrogen-bond donors (Lipinski definition) is 0. The van der Waals surface area contributed by atoms with Crippen molar-refractivity contribution in [1.82, 2.24) is 20.0 Å². The van der Waals surface area contributed by atoms with Crippen LogP contribution >= 0.6 is 11.6 Å². The molecule has 0 N–H and O–H groups in total. The van der Waals surface area contributed by atoms with E-state index in [0.29, 0.717) is 10.7 Å². The summed E-state index contributed by atoms with van der Waals surface area (Å²) in [6.45, 7) is 2.96. The molecule has 0 radical (unpaired) electrons. The molecule has 5 heteroatoms. The Hall–Kier alpha value is -2.72. The second kappa shape index (κ2) is 7.26. The quantitative estimate of drug-likeness (QED) is 0.463. The Balaban J connectivity index is 1.97. The number of benzene rings is 2. The average Bonchev–Trinajstić information content (AvgIpc) is 3.07. The van der Waals surface area contributed by atoms with Gasteiger partial charge in [0, 0.05) is 17.7 Å². The van der Waals surface area contributed by atoms with Crippen molar-refractivity contribution >= 4 is 22.6 Å². The first-order valence-electron chi connectivity index (χ1n) is 8.83. The van der Waals surface area contributed by atoms with Crippen molar-refractivity contribution in [3.05, 3.63) is 65.7 Å². The molecular formula is C21H19ClN4. The van der Waals surface area contributed by atoms with Gasteiger partial charge in [-0.1, -0.05) is 85.6 Å². The Labute approximate surface area is 157 Å². The van der Waals surface area contributed by atoms with E-state index in [1.54, 1.807) is 0 Å². The van der Waals surface area contributed by atoms with Crippen LogP contribution in [0.5, 0.6) is 0 Å². The summed E-state index contributed by atoms with van der Waals surface area (Å²) in [5, 5.41) is 15.2. The first-order valence-corrected chi connectivity index (χ1v) is 9.21. The number of aromatic nitrogens is 4. The molecule has 0 saturated heterocycles. The predicted octanol–water partition coefficient (Wildman–Crippen LogP) is 5.61. The summed E-state index contributed by atoms with van der Waals surface area (Å²) in [5.41, 5.74) is 4.26. The summed E-state index contributed by atoms with van der Waals surface area (Å²) in [5.74, 6) is 0. The maximum Gasteiger partial charge on any atom is 0.182 e. The van der Waals surface area contributed by atoms with Crippen LogP contribution in [-0.4, -0.2) is 20.0 Å². The van der Waals surface area contributed by atoms with Crippen LogP contribution in [0.4, 0.5) is 0 Å². The average molecular weight is 363 g/mol. The zero-order chi connectivity index (χ0) is 17.9. The van der Waals surface area contributed by atoms with Crippen molar-refractivity contribution < 1.29 is 0 Å². The van der Waals surface area contributed by atoms with Gasteiger partial charge in [0.25, 0.3) is 0 Å². The van der Waals surface area contributed by atoms with Crippen LogP contribution in [0.25, 0.3) is 33.5 Å². The van der Waals surface area contributed by atoms with Crippen LogP contribution in [0.15, 0.2) is 60.7 Å². The molecule has 2 aromatic heterocycles. The van der Waals surface area contributed by atoms with Gasteiger partial charge in [-0.2, -0.15) is 5.10 Å². The normalized spacial score (nSPS) is 11.2. The molecule has 130 valence electrons. The van der Waals surface area contributed by atoms with Gasteiger partial charge in [-0.3, -0.25) is 0 Å². The Bertz CT molecular complexity index is 1030. The number of halogens is 1. The van der Waals surface area contributed by atoms with E-state index < -0.39 is 0 Å². The van der Waals surface area contributed by atoms with E-state index in [9.17, 15) is 0 Å². The van der Waals surface area contributed by atoms with Gasteiger partial charge in [0.05, 0.1) is 10.4 Å². The van der Waals surface area contributed by atoms with Crippen molar-refractivity contribution in [2.24, 2.45) is 0 Å². The minimum absolute atomic E-state index is 0.600. The largest absolute Gasteiger partial charge is 0.245 e. The number of fused-ring (bicyclic) bond motifs is 1. The molecular weight excluding hydrogens is 344 g/mol. The summed E-state index contributed by atoms with van der Waals surface area (Å²) in [7, 11) is 0. The molecule has 0 amide bonds. The van der Waals surface area contributed by atoms with Crippen LogP contribution in [0.2, 0.25) is 5.02 Å². The van der Waals surface area contributed by atoms with Crippen LogP contribution in [0.1, 0.15) is 19.8 Å². The van der Waals surface area contributed by atoms with Crippen molar-refractivity contribution in [2.45, 2.75) is 26.3 Å². The Morgan fingerprint density at radius 1 is 0.846 bits per heavy atom. The van der Waals surface area contributed by atoms with Crippen LogP contribution in [0, 0.1) is 0 Å². The van der Waals surface area contributed by atoms with Crippen LogP contribution in [-0.2, 0) is 6.54 Å². The van der Waals surface area contributed by atoms with Gasteiger partial charge in [0.2, 0.25) is 0 Å². The minimum Gasteiger partial charge on any atom is -0.245 e. The summed E-state index contributed by atoms with van der Waals surface area (Å²) in [6, 6.07) is 20.0. The molecule has 4 nitrogen and oxygen atoms in total. The van der Waals surface area contributed by atoms with E-state index >= 15 is 0 Å². The van der Waals surface area contributed by atoms with Crippen molar-refractivity contribution in [2.75, 3.05) is 0 Å². The molecule has 0 bridgehead atoms. The molecule has 26 heavy (non-hydrogen) atoms. The molecule has 0 aliphatic carbocycles. The summed E-state index contributed by atoms with van der Waals surface area (Å²) in [4.78, 5) is 0.